The molecule has 0 saturated carbocycles. The van der Waals surface area contributed by atoms with Crippen molar-refractivity contribution in [1.29, 1.82) is 5.26 Å². The van der Waals surface area contributed by atoms with Crippen molar-refractivity contribution in [3.63, 3.8) is 0 Å². The van der Waals surface area contributed by atoms with Crippen molar-refractivity contribution in [2.24, 2.45) is 0 Å². The van der Waals surface area contributed by atoms with E-state index in [0.717, 1.165) is 30.5 Å². The Labute approximate surface area is 88.8 Å². The van der Waals surface area contributed by atoms with Gasteiger partial charge in [-0.15, -0.1) is 0 Å². The second-order valence-electron chi connectivity index (χ2n) is 4.32. The maximum Gasteiger partial charge on any atom is 0.266 e. The van der Waals surface area contributed by atoms with Gasteiger partial charge in [0.2, 0.25) is 0 Å². The van der Waals surface area contributed by atoms with Gasteiger partial charge in [0.25, 0.3) is 5.56 Å². The molecular formula is C12H14N2O. The van der Waals surface area contributed by atoms with Crippen molar-refractivity contribution in [3.05, 3.63) is 32.7 Å². The molecule has 0 atom stereocenters. The van der Waals surface area contributed by atoms with E-state index < -0.39 is 0 Å². The van der Waals surface area contributed by atoms with E-state index in [9.17, 15) is 4.79 Å². The second-order valence-corrected chi connectivity index (χ2v) is 4.32. The van der Waals surface area contributed by atoms with Gasteiger partial charge in [-0.1, -0.05) is 13.8 Å². The Morgan fingerprint density at radius 1 is 1.33 bits per heavy atom. The highest BCUT2D eigenvalue weighted by Crippen LogP contribution is 2.28. The summed E-state index contributed by atoms with van der Waals surface area (Å²) in [5.74, 6) is 0.317. The van der Waals surface area contributed by atoms with Gasteiger partial charge in [-0.2, -0.15) is 5.26 Å². The number of hydrogen-bond donors (Lipinski definition) is 1. The molecule has 78 valence electrons. The van der Waals surface area contributed by atoms with Crippen molar-refractivity contribution >= 4 is 0 Å². The van der Waals surface area contributed by atoms with Gasteiger partial charge in [-0.05, 0) is 36.3 Å². The average molecular weight is 202 g/mol. The fourth-order valence-corrected chi connectivity index (χ4v) is 2.33. The fraction of sp³-hybridized carbons (Fsp3) is 0.500. The van der Waals surface area contributed by atoms with Crippen LogP contribution in [0.4, 0.5) is 0 Å². The van der Waals surface area contributed by atoms with Crippen LogP contribution in [0.3, 0.4) is 0 Å². The number of rotatable bonds is 1. The van der Waals surface area contributed by atoms with Crippen LogP contribution in [-0.4, -0.2) is 4.98 Å². The molecule has 0 unspecified atom stereocenters. The summed E-state index contributed by atoms with van der Waals surface area (Å²) in [4.78, 5) is 14.5. The third kappa shape index (κ3) is 1.46. The minimum Gasteiger partial charge on any atom is -0.325 e. The van der Waals surface area contributed by atoms with Crippen LogP contribution in [0.5, 0.6) is 0 Å². The molecule has 0 amide bonds. The van der Waals surface area contributed by atoms with Crippen LogP contribution in [0.2, 0.25) is 0 Å². The van der Waals surface area contributed by atoms with Crippen LogP contribution in [0, 0.1) is 11.3 Å². The monoisotopic (exact) mass is 202 g/mol. The molecular weight excluding hydrogens is 188 g/mol. The largest absolute Gasteiger partial charge is 0.325 e. The van der Waals surface area contributed by atoms with E-state index >= 15 is 0 Å². The molecule has 2 rings (SSSR count). The molecule has 0 radical (unpaired) electrons. The Morgan fingerprint density at radius 2 is 2.00 bits per heavy atom. The van der Waals surface area contributed by atoms with Crippen molar-refractivity contribution in [1.82, 2.24) is 4.98 Å². The number of nitriles is 1. The maximum atomic E-state index is 11.7. The highest BCUT2D eigenvalue weighted by molar-refractivity contribution is 5.46. The van der Waals surface area contributed by atoms with Crippen LogP contribution in [0.1, 0.15) is 48.6 Å². The van der Waals surface area contributed by atoms with Gasteiger partial charge >= 0.3 is 0 Å². The van der Waals surface area contributed by atoms with Crippen molar-refractivity contribution in [3.8, 4) is 6.07 Å². The Hall–Kier alpha value is -1.56. The molecule has 0 aliphatic heterocycles. The third-order valence-corrected chi connectivity index (χ3v) is 3.01. The third-order valence-electron chi connectivity index (χ3n) is 3.01. The molecule has 0 saturated heterocycles. The lowest BCUT2D eigenvalue weighted by atomic mass is 9.98. The summed E-state index contributed by atoms with van der Waals surface area (Å²) in [5, 5.41) is 8.94. The lowest BCUT2D eigenvalue weighted by molar-refractivity contribution is 0.791. The molecule has 0 bridgehead atoms. The maximum absolute atomic E-state index is 11.7. The first-order chi connectivity index (χ1) is 7.15. The average Bonchev–Trinajstić information content (AvgIpc) is 2.64. The molecule has 1 aliphatic rings. The predicted octanol–water partition coefficient (Wildman–Crippen LogP) is 1.86. The zero-order valence-corrected chi connectivity index (χ0v) is 9.05. The molecule has 1 N–H and O–H groups in total. The number of nitrogens with zero attached hydrogens (tertiary/aromatic N) is 1. The number of pyridine rings is 1. The minimum atomic E-state index is -0.221. The zero-order valence-electron chi connectivity index (χ0n) is 9.05. The highest BCUT2D eigenvalue weighted by Gasteiger charge is 2.22. The number of aromatic nitrogens is 1. The lowest BCUT2D eigenvalue weighted by Gasteiger charge is -2.12. The van der Waals surface area contributed by atoms with Crippen LogP contribution in [0.25, 0.3) is 0 Å². The van der Waals surface area contributed by atoms with Gasteiger partial charge in [-0.3, -0.25) is 4.79 Å². The van der Waals surface area contributed by atoms with Crippen molar-refractivity contribution in [2.45, 2.75) is 39.0 Å². The summed E-state index contributed by atoms with van der Waals surface area (Å²) in [6.07, 6.45) is 2.93. The predicted molar refractivity (Wildman–Crippen MR) is 57.9 cm³/mol. The van der Waals surface area contributed by atoms with Gasteiger partial charge < -0.3 is 4.98 Å². The van der Waals surface area contributed by atoms with Crippen LogP contribution in [-0.2, 0) is 12.8 Å². The van der Waals surface area contributed by atoms with E-state index in [1.165, 1.54) is 5.56 Å². The van der Waals surface area contributed by atoms with Crippen molar-refractivity contribution in [2.75, 3.05) is 0 Å². The number of H-pyrrole nitrogens is 1. The van der Waals surface area contributed by atoms with E-state index in [1.54, 1.807) is 0 Å². The van der Waals surface area contributed by atoms with E-state index in [4.69, 9.17) is 5.26 Å². The first-order valence-corrected chi connectivity index (χ1v) is 5.33. The molecule has 0 aromatic carbocycles. The van der Waals surface area contributed by atoms with Gasteiger partial charge in [-0.25, -0.2) is 0 Å². The molecule has 3 heteroatoms. The van der Waals surface area contributed by atoms with E-state index in [-0.39, 0.29) is 5.56 Å². The molecule has 1 aliphatic carbocycles. The number of fused-ring (bicyclic) bond motifs is 1. The first kappa shape index (κ1) is 9.97. The standard InChI is InChI=1S/C12H14N2O/c1-7(2)11-9-5-3-4-8(9)10(6-13)12(15)14-11/h7H,3-5H2,1-2H3,(H,14,15). The van der Waals surface area contributed by atoms with Crippen LogP contribution < -0.4 is 5.56 Å². The summed E-state index contributed by atoms with van der Waals surface area (Å²) in [5.41, 5.74) is 3.33. The normalized spacial score (nSPS) is 14.0. The van der Waals surface area contributed by atoms with Gasteiger partial charge in [0.05, 0.1) is 0 Å². The number of hydrogen-bond acceptors (Lipinski definition) is 2. The molecule has 1 aromatic heterocycles. The van der Waals surface area contributed by atoms with E-state index in [1.807, 2.05) is 6.07 Å². The summed E-state index contributed by atoms with van der Waals surface area (Å²) >= 11 is 0. The first-order valence-electron chi connectivity index (χ1n) is 5.33. The van der Waals surface area contributed by atoms with E-state index in [0.29, 0.717) is 11.5 Å². The molecule has 3 nitrogen and oxygen atoms in total. The lowest BCUT2D eigenvalue weighted by Crippen LogP contribution is -2.17. The Kier molecular flexibility index (Phi) is 2.36. The number of nitrogens with one attached hydrogen (secondary N) is 1. The molecule has 15 heavy (non-hydrogen) atoms. The Bertz CT molecular complexity index is 492. The summed E-state index contributed by atoms with van der Waals surface area (Å²) in [7, 11) is 0. The smallest absolute Gasteiger partial charge is 0.266 e. The zero-order chi connectivity index (χ0) is 11.0. The summed E-state index contributed by atoms with van der Waals surface area (Å²) < 4.78 is 0. The van der Waals surface area contributed by atoms with E-state index in [2.05, 4.69) is 18.8 Å². The van der Waals surface area contributed by atoms with Crippen molar-refractivity contribution < 1.29 is 0 Å². The summed E-state index contributed by atoms with van der Waals surface area (Å²) in [6.45, 7) is 4.13. The SMILES string of the molecule is CC(C)c1[nH]c(=O)c(C#N)c2c1CCC2. The Morgan fingerprint density at radius 3 is 2.60 bits per heavy atom. The van der Waals surface area contributed by atoms with Crippen LogP contribution >= 0.6 is 0 Å². The Balaban J connectivity index is 2.75. The molecule has 1 heterocycles. The molecule has 0 fully saturated rings. The fourth-order valence-electron chi connectivity index (χ4n) is 2.33. The quantitative estimate of drug-likeness (QED) is 0.755. The van der Waals surface area contributed by atoms with Gasteiger partial charge in [0.15, 0.2) is 0 Å². The molecule has 1 aromatic rings. The summed E-state index contributed by atoms with van der Waals surface area (Å²) in [6, 6.07) is 2.02. The van der Waals surface area contributed by atoms with Gasteiger partial charge in [0, 0.05) is 5.69 Å². The number of aromatic amines is 1. The minimum absolute atomic E-state index is 0.221. The van der Waals surface area contributed by atoms with Crippen LogP contribution in [0.15, 0.2) is 4.79 Å². The topological polar surface area (TPSA) is 56.6 Å². The second kappa shape index (κ2) is 3.54. The highest BCUT2D eigenvalue weighted by atomic mass is 16.1. The molecule has 0 spiro atoms. The van der Waals surface area contributed by atoms with Gasteiger partial charge in [0.1, 0.15) is 11.6 Å².